The zero-order valence-corrected chi connectivity index (χ0v) is 17.6. The van der Waals surface area contributed by atoms with Gasteiger partial charge in [-0.25, -0.2) is 8.42 Å². The van der Waals surface area contributed by atoms with Crippen LogP contribution in [0.4, 0.5) is 11.4 Å². The van der Waals surface area contributed by atoms with E-state index >= 15 is 0 Å². The van der Waals surface area contributed by atoms with Gasteiger partial charge in [0.1, 0.15) is 0 Å². The van der Waals surface area contributed by atoms with E-state index in [0.29, 0.717) is 5.56 Å². The lowest BCUT2D eigenvalue weighted by atomic mass is 10.1. The third-order valence-electron chi connectivity index (χ3n) is 4.39. The zero-order valence-electron chi connectivity index (χ0n) is 16.8. The molecule has 0 aliphatic rings. The van der Waals surface area contributed by atoms with Gasteiger partial charge < -0.3 is 9.84 Å². The van der Waals surface area contributed by atoms with E-state index in [-0.39, 0.29) is 39.1 Å². The van der Waals surface area contributed by atoms with Crippen molar-refractivity contribution in [3.05, 3.63) is 94.0 Å². The first-order valence-corrected chi connectivity index (χ1v) is 10.6. The molecule has 0 saturated heterocycles. The highest BCUT2D eigenvalue weighted by atomic mass is 32.2. The number of aromatic hydroxyl groups is 1. The molecule has 0 aliphatic carbocycles. The van der Waals surface area contributed by atoms with Gasteiger partial charge >= 0.3 is 0 Å². The number of ketones is 1. The van der Waals surface area contributed by atoms with E-state index in [1.807, 2.05) is 0 Å². The summed E-state index contributed by atoms with van der Waals surface area (Å²) in [6.45, 7) is 0. The lowest BCUT2D eigenvalue weighted by molar-refractivity contribution is -0.384. The Labute approximate surface area is 183 Å². The first-order valence-electron chi connectivity index (χ1n) is 9.16. The van der Waals surface area contributed by atoms with Crippen LogP contribution in [0.15, 0.2) is 77.7 Å². The normalized spacial score (nSPS) is 11.3. The van der Waals surface area contributed by atoms with Crippen LogP contribution in [-0.4, -0.2) is 31.3 Å². The number of hydrogen-bond acceptors (Lipinski definition) is 7. The summed E-state index contributed by atoms with van der Waals surface area (Å²) >= 11 is 0. The van der Waals surface area contributed by atoms with Gasteiger partial charge in [0.05, 0.1) is 16.9 Å². The molecular formula is C22H18N2O7S. The number of nitro benzene ring substituents is 1. The second kappa shape index (κ2) is 9.31. The minimum atomic E-state index is -4.00. The van der Waals surface area contributed by atoms with Crippen LogP contribution in [0.25, 0.3) is 6.08 Å². The van der Waals surface area contributed by atoms with Gasteiger partial charge in [-0.15, -0.1) is 0 Å². The number of phenolic OH excluding ortho intramolecular Hbond substituents is 1. The van der Waals surface area contributed by atoms with E-state index in [0.717, 1.165) is 24.3 Å². The molecule has 0 radical (unpaired) electrons. The number of rotatable bonds is 8. The van der Waals surface area contributed by atoms with E-state index in [1.54, 1.807) is 12.1 Å². The number of ether oxygens (including phenoxy) is 1. The fourth-order valence-corrected chi connectivity index (χ4v) is 3.81. The van der Waals surface area contributed by atoms with Crippen LogP contribution in [0.1, 0.15) is 15.9 Å². The van der Waals surface area contributed by atoms with E-state index in [9.17, 15) is 28.4 Å². The van der Waals surface area contributed by atoms with Gasteiger partial charge in [0, 0.05) is 23.4 Å². The van der Waals surface area contributed by atoms with Crippen molar-refractivity contribution in [3.63, 3.8) is 0 Å². The van der Waals surface area contributed by atoms with Crippen molar-refractivity contribution in [2.45, 2.75) is 4.90 Å². The number of hydrogen-bond donors (Lipinski definition) is 2. The first kappa shape index (κ1) is 22.5. The Kier molecular flexibility index (Phi) is 6.55. The van der Waals surface area contributed by atoms with Crippen molar-refractivity contribution in [1.82, 2.24) is 0 Å². The van der Waals surface area contributed by atoms with Crippen molar-refractivity contribution in [1.29, 1.82) is 0 Å². The molecular weight excluding hydrogens is 436 g/mol. The summed E-state index contributed by atoms with van der Waals surface area (Å²) in [6.07, 6.45) is 2.85. The molecule has 9 nitrogen and oxygen atoms in total. The molecule has 3 rings (SSSR count). The van der Waals surface area contributed by atoms with Crippen LogP contribution < -0.4 is 9.46 Å². The van der Waals surface area contributed by atoms with Crippen molar-refractivity contribution < 1.29 is 28.0 Å². The van der Waals surface area contributed by atoms with Gasteiger partial charge in [-0.3, -0.25) is 19.6 Å². The summed E-state index contributed by atoms with van der Waals surface area (Å²) in [7, 11) is -2.59. The molecule has 164 valence electrons. The Morgan fingerprint density at radius 3 is 2.47 bits per heavy atom. The summed E-state index contributed by atoms with van der Waals surface area (Å²) in [5.41, 5.74) is 0.808. The van der Waals surface area contributed by atoms with Crippen LogP contribution >= 0.6 is 0 Å². The molecule has 32 heavy (non-hydrogen) atoms. The average Bonchev–Trinajstić information content (AvgIpc) is 2.78. The average molecular weight is 454 g/mol. The quantitative estimate of drug-likeness (QED) is 0.227. The second-order valence-corrected chi connectivity index (χ2v) is 8.25. The number of methoxy groups -OCH3 is 1. The predicted molar refractivity (Wildman–Crippen MR) is 118 cm³/mol. The fourth-order valence-electron chi connectivity index (χ4n) is 2.76. The van der Waals surface area contributed by atoms with Crippen molar-refractivity contribution >= 4 is 33.3 Å². The topological polar surface area (TPSA) is 136 Å². The Bertz CT molecular complexity index is 1300. The molecule has 0 fully saturated rings. The summed E-state index contributed by atoms with van der Waals surface area (Å²) < 4.78 is 32.5. The lowest BCUT2D eigenvalue weighted by Crippen LogP contribution is -2.13. The highest BCUT2D eigenvalue weighted by Gasteiger charge is 2.16. The maximum absolute atomic E-state index is 12.6. The van der Waals surface area contributed by atoms with Gasteiger partial charge in [-0.2, -0.15) is 0 Å². The molecule has 0 atom stereocenters. The number of benzene rings is 3. The Balaban J connectivity index is 1.77. The third kappa shape index (κ3) is 5.29. The molecule has 3 aromatic carbocycles. The summed E-state index contributed by atoms with van der Waals surface area (Å²) in [6, 6.07) is 15.0. The molecule has 0 unspecified atom stereocenters. The van der Waals surface area contributed by atoms with Gasteiger partial charge in [0.2, 0.25) is 0 Å². The number of carbonyl (C=O) groups excluding carboxylic acids is 1. The zero-order chi connectivity index (χ0) is 23.3. The number of sulfonamides is 1. The highest BCUT2D eigenvalue weighted by Crippen LogP contribution is 2.27. The number of phenols is 1. The lowest BCUT2D eigenvalue weighted by Gasteiger charge is -2.09. The van der Waals surface area contributed by atoms with E-state index in [2.05, 4.69) is 4.72 Å². The number of non-ortho nitro benzene ring substituents is 1. The van der Waals surface area contributed by atoms with Gasteiger partial charge in [0.15, 0.2) is 17.3 Å². The van der Waals surface area contributed by atoms with Crippen LogP contribution in [0, 0.1) is 10.1 Å². The van der Waals surface area contributed by atoms with Gasteiger partial charge in [-0.05, 0) is 48.0 Å². The van der Waals surface area contributed by atoms with Crippen LogP contribution in [0.5, 0.6) is 11.5 Å². The maximum atomic E-state index is 12.6. The Morgan fingerprint density at radius 1 is 1.09 bits per heavy atom. The van der Waals surface area contributed by atoms with Crippen LogP contribution in [0.3, 0.4) is 0 Å². The van der Waals surface area contributed by atoms with E-state index in [1.165, 1.54) is 49.6 Å². The monoisotopic (exact) mass is 454 g/mol. The van der Waals surface area contributed by atoms with Crippen molar-refractivity contribution in [2.75, 3.05) is 11.8 Å². The fraction of sp³-hybridized carbons (Fsp3) is 0.0455. The minimum Gasteiger partial charge on any atom is -0.504 e. The molecule has 0 aromatic heterocycles. The summed E-state index contributed by atoms with van der Waals surface area (Å²) in [5, 5.41) is 20.4. The summed E-state index contributed by atoms with van der Waals surface area (Å²) in [5.74, 6) is -0.125. The van der Waals surface area contributed by atoms with Crippen molar-refractivity contribution in [2.24, 2.45) is 0 Å². The SMILES string of the molecule is COc1cc(/C=C/C(=O)c2cccc(NS(=O)(=O)c3ccc([N+](=O)[O-])cc3)c2)ccc1O. The molecule has 0 heterocycles. The number of allylic oxidation sites excluding steroid dienone is 1. The molecule has 0 spiro atoms. The Hall–Kier alpha value is -4.18. The number of nitrogens with one attached hydrogen (secondary N) is 1. The highest BCUT2D eigenvalue weighted by molar-refractivity contribution is 7.92. The molecule has 0 amide bonds. The molecule has 0 aliphatic heterocycles. The molecule has 2 N–H and O–H groups in total. The number of carbonyl (C=O) groups is 1. The molecule has 10 heteroatoms. The minimum absolute atomic E-state index is 0.0241. The smallest absolute Gasteiger partial charge is 0.269 e. The third-order valence-corrected chi connectivity index (χ3v) is 5.79. The molecule has 3 aromatic rings. The van der Waals surface area contributed by atoms with Gasteiger partial charge in [0.25, 0.3) is 15.7 Å². The number of anilines is 1. The van der Waals surface area contributed by atoms with Crippen LogP contribution in [-0.2, 0) is 10.0 Å². The predicted octanol–water partition coefficient (Wildman–Crippen LogP) is 4.01. The van der Waals surface area contributed by atoms with Crippen molar-refractivity contribution in [3.8, 4) is 11.5 Å². The molecule has 0 bridgehead atoms. The van der Waals surface area contributed by atoms with E-state index < -0.39 is 14.9 Å². The number of nitro groups is 1. The largest absolute Gasteiger partial charge is 0.504 e. The van der Waals surface area contributed by atoms with Crippen LogP contribution in [0.2, 0.25) is 0 Å². The summed E-state index contributed by atoms with van der Waals surface area (Å²) in [4.78, 5) is 22.5. The first-order chi connectivity index (χ1) is 15.2. The maximum Gasteiger partial charge on any atom is 0.269 e. The second-order valence-electron chi connectivity index (χ2n) is 6.57. The van der Waals surface area contributed by atoms with Gasteiger partial charge in [-0.1, -0.05) is 24.3 Å². The molecule has 0 saturated carbocycles. The number of nitrogens with zero attached hydrogens (tertiary/aromatic N) is 1. The van der Waals surface area contributed by atoms with E-state index in [4.69, 9.17) is 4.74 Å². The standard InChI is InChI=1S/C22H18N2O7S/c1-31-22-13-15(6-12-21(22)26)5-11-20(25)16-3-2-4-17(14-16)23-32(29,30)19-9-7-18(8-10-19)24(27)28/h2-14,23,26H,1H3/b11-5+. The Morgan fingerprint density at radius 2 is 1.81 bits per heavy atom.